The van der Waals surface area contributed by atoms with Crippen molar-refractivity contribution in [3.8, 4) is 44.8 Å². The van der Waals surface area contributed by atoms with Crippen molar-refractivity contribution in [2.45, 2.75) is 13.8 Å². The number of benzene rings is 20. The summed E-state index contributed by atoms with van der Waals surface area (Å²) >= 11 is 0. The van der Waals surface area contributed by atoms with Crippen molar-refractivity contribution >= 4 is 160 Å². The van der Waals surface area contributed by atoms with Crippen LogP contribution in [0.4, 0.5) is 68.2 Å². The van der Waals surface area contributed by atoms with Crippen LogP contribution in [0.15, 0.2) is 497 Å². The molecule has 0 N–H and O–H groups in total. The summed E-state index contributed by atoms with van der Waals surface area (Å²) in [4.78, 5) is 9.30. The van der Waals surface area contributed by atoms with Crippen molar-refractivity contribution in [3.05, 3.63) is 509 Å². The molecule has 0 bridgehead atoms. The van der Waals surface area contributed by atoms with Gasteiger partial charge in [0.05, 0.1) is 43.8 Å². The second-order valence-electron chi connectivity index (χ2n) is 31.6. The molecule has 2 unspecified atom stereocenters. The lowest BCUT2D eigenvalue weighted by Gasteiger charge is -2.27. The highest BCUT2D eigenvalue weighted by Gasteiger charge is 2.22. The molecule has 0 aliphatic heterocycles. The van der Waals surface area contributed by atoms with Crippen LogP contribution in [0.25, 0.3) is 110 Å². The summed E-state index contributed by atoms with van der Waals surface area (Å²) in [5, 5.41) is 10.0. The first kappa shape index (κ1) is 81.0. The smallest absolute Gasteiger partial charge is 0.0709 e. The number of aromatic nitrogens is 2. The first-order valence-corrected chi connectivity index (χ1v) is 44.1. The number of para-hydroxylation sites is 8. The van der Waals surface area contributed by atoms with E-state index in [1.807, 2.05) is 0 Å². The van der Waals surface area contributed by atoms with Gasteiger partial charge in [-0.3, -0.25) is 0 Å². The third-order valence-electron chi connectivity index (χ3n) is 23.5. The molecule has 0 fully saturated rings. The molecule has 6 nitrogen and oxygen atoms in total. The van der Waals surface area contributed by atoms with Crippen LogP contribution < -0.4 is 19.6 Å². The van der Waals surface area contributed by atoms with Crippen LogP contribution >= 0.6 is 19.0 Å². The lowest BCUT2D eigenvalue weighted by atomic mass is 10.0. The molecule has 128 heavy (non-hydrogen) atoms. The maximum absolute atomic E-state index is 5.90. The molecule has 22 aromatic rings. The van der Waals surface area contributed by atoms with Gasteiger partial charge in [0.25, 0.3) is 0 Å². The molecule has 0 saturated carbocycles. The molecule has 9 heteroatoms. The Kier molecular flexibility index (Phi) is 24.6. The highest BCUT2D eigenvalue weighted by molar-refractivity contribution is 7.19. The topological polar surface area (TPSA) is 22.8 Å². The SMILES string of the molecule is Cc1cccc(N(c2ccccc2)c2ccc(-c3ccc(N(c4ccccc4)c4cccc(C)c4)cc3)cc2)c1.[2H]P[3H].[B]CP.c1ccc(N(c2ccc(-c3ccc(N(c4ccccc4)c4cccc5ccccc45)cc3)cc2)c2cccc3ccccc23)cc1.c1ccc2c(c1)c1ccccc1n2-c1ccc(-c2ccc(-n3c4ccccc4c4ccccc43)cc2)cc1. The fourth-order valence-corrected chi connectivity index (χ4v) is 17.6. The van der Waals surface area contributed by atoms with Gasteiger partial charge < -0.3 is 28.7 Å². The quantitative estimate of drug-likeness (QED) is 0.0669. The van der Waals surface area contributed by atoms with Crippen molar-refractivity contribution in [2.24, 2.45) is 0 Å². The van der Waals surface area contributed by atoms with Crippen LogP contribution in [0.1, 0.15) is 11.1 Å². The monoisotopic (exact) mass is 1680 g/mol. The molecule has 20 aromatic carbocycles. The molecule has 0 amide bonds. The van der Waals surface area contributed by atoms with E-state index in [0.29, 0.717) is 6.06 Å². The third-order valence-corrected chi connectivity index (χ3v) is 23.5. The second-order valence-corrected chi connectivity index (χ2v) is 32.1. The maximum Gasteiger partial charge on any atom is 0.0709 e. The first-order valence-electron chi connectivity index (χ1n) is 44.3. The molecule has 2 radical (unpaired) electrons. The Morgan fingerprint density at radius 1 is 0.242 bits per heavy atom. The number of hydrogen-bond donors (Lipinski definition) is 0. The summed E-state index contributed by atoms with van der Waals surface area (Å²) in [5.41, 5.74) is 30.6. The lowest BCUT2D eigenvalue weighted by molar-refractivity contribution is 1.18. The predicted molar refractivity (Wildman–Crippen MR) is 559 cm³/mol. The predicted octanol–water partition coefficient (Wildman–Crippen LogP) is 33.1. The van der Waals surface area contributed by atoms with E-state index in [-0.39, 0.29) is 0 Å². The van der Waals surface area contributed by atoms with E-state index in [9.17, 15) is 0 Å². The van der Waals surface area contributed by atoms with Gasteiger partial charge >= 0.3 is 0 Å². The first-order chi connectivity index (χ1) is 64.2. The van der Waals surface area contributed by atoms with E-state index in [0.717, 1.165) is 68.2 Å². The van der Waals surface area contributed by atoms with Crippen molar-refractivity contribution < 1.29 is 0 Å². The minimum atomic E-state index is -0.417. The summed E-state index contributed by atoms with van der Waals surface area (Å²) in [6.07, 6.45) is 0. The van der Waals surface area contributed by atoms with Gasteiger partial charge in [0, 0.05) is 101 Å². The number of fused-ring (bicyclic) bond motifs is 8. The Balaban J connectivity index is 0.000000128. The molecule has 614 valence electrons. The molecule has 22 rings (SSSR count). The molecule has 2 heterocycles. The van der Waals surface area contributed by atoms with Crippen molar-refractivity contribution in [1.82, 2.24) is 9.13 Å². The molecule has 2 atom stereocenters. The summed E-state index contributed by atoms with van der Waals surface area (Å²) in [7, 11) is 6.75. The van der Waals surface area contributed by atoms with Gasteiger partial charge in [-0.05, 0) is 251 Å². The molecule has 0 aliphatic rings. The van der Waals surface area contributed by atoms with Gasteiger partial charge in [-0.15, -0.1) is 9.24 Å². The van der Waals surface area contributed by atoms with Crippen molar-refractivity contribution in [2.75, 3.05) is 25.7 Å². The zero-order valence-corrected chi connectivity index (χ0v) is 73.5. The fraction of sp³-hybridized carbons (Fsp3) is 0.0252. The molecular weight excluding hydrogens is 1590 g/mol. The summed E-state index contributed by atoms with van der Waals surface area (Å²) in [6.45, 7) is 4.27. The van der Waals surface area contributed by atoms with Crippen LogP contribution in [0.3, 0.4) is 0 Å². The summed E-state index contributed by atoms with van der Waals surface area (Å²) in [5.74, 6) is 0. The second kappa shape index (κ2) is 38.8. The van der Waals surface area contributed by atoms with Crippen LogP contribution in [-0.2, 0) is 0 Å². The van der Waals surface area contributed by atoms with Crippen molar-refractivity contribution in [3.63, 3.8) is 0 Å². The Morgan fingerprint density at radius 2 is 0.445 bits per heavy atom. The fourth-order valence-electron chi connectivity index (χ4n) is 17.6. The summed E-state index contributed by atoms with van der Waals surface area (Å²) in [6, 6.07) is 178. The van der Waals surface area contributed by atoms with Gasteiger partial charge in [-0.25, -0.2) is 0 Å². The van der Waals surface area contributed by atoms with Gasteiger partial charge in [0.15, 0.2) is 0 Å². The van der Waals surface area contributed by atoms with Crippen LogP contribution in [-0.4, -0.2) is 25.6 Å². The van der Waals surface area contributed by atoms with Crippen LogP contribution in [0.5, 0.6) is 0 Å². The van der Waals surface area contributed by atoms with E-state index in [2.05, 4.69) is 549 Å². The van der Waals surface area contributed by atoms with E-state index in [4.69, 9.17) is 10.4 Å². The molecular formula is C119H95BN6P2. The van der Waals surface area contributed by atoms with E-state index in [1.54, 1.807) is 0 Å². The number of rotatable bonds is 17. The number of hydrogen-bond acceptors (Lipinski definition) is 4. The highest BCUT2D eigenvalue weighted by Crippen LogP contribution is 2.45. The lowest BCUT2D eigenvalue weighted by Crippen LogP contribution is -2.10. The number of aryl methyl sites for hydroxylation is 2. The van der Waals surface area contributed by atoms with E-state index < -0.39 is 9.79 Å². The number of anilines is 12. The average molecular weight is 1680 g/mol. The zero-order chi connectivity index (χ0) is 88.5. The van der Waals surface area contributed by atoms with Crippen molar-refractivity contribution in [1.29, 1.82) is 2.56 Å². The Labute approximate surface area is 759 Å². The summed E-state index contributed by atoms with van der Waals surface area (Å²) < 4.78 is 16.5. The van der Waals surface area contributed by atoms with Gasteiger partial charge in [0.2, 0.25) is 0 Å². The van der Waals surface area contributed by atoms with Crippen LogP contribution in [0.2, 0.25) is 0 Å². The third kappa shape index (κ3) is 17.6. The van der Waals surface area contributed by atoms with E-state index >= 15 is 0 Å². The van der Waals surface area contributed by atoms with Gasteiger partial charge in [-0.1, -0.05) is 322 Å². The Bertz CT molecular complexity index is 6970. The normalized spacial score (nSPS) is 11.2. The number of nitrogens with zero attached hydrogens (tertiary/aromatic N) is 6. The zero-order valence-electron chi connectivity index (χ0n) is 73.4. The van der Waals surface area contributed by atoms with Gasteiger partial charge in [0.1, 0.15) is 0 Å². The minimum Gasteiger partial charge on any atom is -0.310 e. The van der Waals surface area contributed by atoms with Crippen LogP contribution in [0, 0.1) is 13.8 Å². The molecule has 2 aromatic heterocycles. The Morgan fingerprint density at radius 3 is 0.727 bits per heavy atom. The van der Waals surface area contributed by atoms with Gasteiger partial charge in [-0.2, -0.15) is 9.79 Å². The Hall–Kier alpha value is -15.4. The maximum atomic E-state index is 5.90. The van der Waals surface area contributed by atoms with E-state index in [1.165, 1.54) is 121 Å². The highest BCUT2D eigenvalue weighted by atomic mass is 31.0. The standard InChI is InChI=1S/C44H32N2.C38H32N2.C36H24N2.CH4BP.H3P/c1-3-17-37(18-4-1)45(43-23-11-15-35-13-7-9-21-41(35)43)39-29-25-33(26-30-39)34-27-31-40(32-28-34)46(38-19-5-2-6-20-38)44-24-12-16-36-14-8-10-22-42(36)44;1-29-11-9-17-37(27-29)39(33-13-5-3-6-14-33)35-23-19-31(20-24-35)32-21-25-36(26-22-32)40(34-15-7-4-8-16-34)38-18-10-12-30(2)28-38;1-5-13-33-29(9-1)30-10-2-6-14-34(30)37(33)27-21-17-25(18-22-27)26-19-23-28(24-20-26)38-35-15-7-3-11-31(35)32-12-4-8-16-36(32)38;2-1-3;/h1-32H;3-28H,1-2H3;1-24H;1,3H2;1H3/i;;;;1TD. The largest absolute Gasteiger partial charge is 0.310 e. The minimum absolute atomic E-state index is 0.417. The molecule has 0 spiro atoms. The molecule has 0 saturated heterocycles. The molecule has 0 aliphatic carbocycles. The average Bonchev–Trinajstić information content (AvgIpc) is 1.60.